The van der Waals surface area contributed by atoms with Crippen molar-refractivity contribution in [2.24, 2.45) is 0 Å². The van der Waals surface area contributed by atoms with Crippen molar-refractivity contribution >= 4 is 0 Å². The van der Waals surface area contributed by atoms with E-state index in [4.69, 9.17) is 0 Å². The number of para-hydroxylation sites is 1. The Labute approximate surface area is 88.0 Å². The quantitative estimate of drug-likeness (QED) is 0.803. The van der Waals surface area contributed by atoms with Crippen molar-refractivity contribution in [1.29, 1.82) is 0 Å². The Morgan fingerprint density at radius 3 is 2.67 bits per heavy atom. The molecule has 0 atom stereocenters. The zero-order chi connectivity index (χ0) is 10.3. The summed E-state index contributed by atoms with van der Waals surface area (Å²) in [7, 11) is 0. The van der Waals surface area contributed by atoms with Crippen LogP contribution in [0.1, 0.15) is 18.4 Å². The van der Waals surface area contributed by atoms with Gasteiger partial charge >= 0.3 is 0 Å². The van der Waals surface area contributed by atoms with Crippen molar-refractivity contribution in [3.8, 4) is 5.69 Å². The van der Waals surface area contributed by atoms with Crippen molar-refractivity contribution in [3.05, 3.63) is 48.3 Å². The van der Waals surface area contributed by atoms with Crippen molar-refractivity contribution < 1.29 is 5.11 Å². The second kappa shape index (κ2) is 2.94. The van der Waals surface area contributed by atoms with Crippen LogP contribution in [0.3, 0.4) is 0 Å². The third-order valence-corrected chi connectivity index (χ3v) is 2.88. The highest BCUT2D eigenvalue weighted by atomic mass is 16.3. The largest absolute Gasteiger partial charge is 0.385 e. The maximum atomic E-state index is 10.1. The van der Waals surface area contributed by atoms with Crippen LogP contribution in [0.15, 0.2) is 42.7 Å². The normalized spacial score (nSPS) is 17.7. The lowest BCUT2D eigenvalue weighted by Crippen LogP contribution is -2.10. The number of hydrogen-bond acceptors (Lipinski definition) is 2. The summed E-state index contributed by atoms with van der Waals surface area (Å²) in [5.74, 6) is 0. The minimum absolute atomic E-state index is 0.609. The van der Waals surface area contributed by atoms with E-state index in [0.717, 1.165) is 24.1 Å². The summed E-state index contributed by atoms with van der Waals surface area (Å²) >= 11 is 0. The van der Waals surface area contributed by atoms with Gasteiger partial charge in [0.25, 0.3) is 0 Å². The van der Waals surface area contributed by atoms with E-state index in [1.807, 2.05) is 36.5 Å². The Morgan fingerprint density at radius 1 is 1.20 bits per heavy atom. The molecule has 0 spiro atoms. The first-order valence-corrected chi connectivity index (χ1v) is 5.11. The van der Waals surface area contributed by atoms with Gasteiger partial charge in [-0.2, -0.15) is 5.10 Å². The Kier molecular flexibility index (Phi) is 1.70. The second-order valence-corrected chi connectivity index (χ2v) is 4.00. The van der Waals surface area contributed by atoms with Crippen LogP contribution < -0.4 is 0 Å². The number of hydrogen-bond donors (Lipinski definition) is 1. The predicted molar refractivity (Wildman–Crippen MR) is 56.7 cm³/mol. The molecule has 1 heterocycles. The maximum Gasteiger partial charge on any atom is 0.0919 e. The van der Waals surface area contributed by atoms with Gasteiger partial charge in [0.1, 0.15) is 0 Å². The van der Waals surface area contributed by atoms with Gasteiger partial charge in [-0.05, 0) is 25.0 Å². The number of nitrogens with zero attached hydrogens (tertiary/aromatic N) is 2. The third-order valence-electron chi connectivity index (χ3n) is 2.88. The average Bonchev–Trinajstić information content (AvgIpc) is 2.84. The molecule has 1 saturated carbocycles. The van der Waals surface area contributed by atoms with Crippen molar-refractivity contribution in [2.45, 2.75) is 18.4 Å². The predicted octanol–water partition coefficient (Wildman–Crippen LogP) is 1.85. The van der Waals surface area contributed by atoms with Gasteiger partial charge in [0.15, 0.2) is 0 Å². The molecule has 0 aliphatic heterocycles. The Balaban J connectivity index is 2.15. The van der Waals surface area contributed by atoms with Gasteiger partial charge < -0.3 is 5.11 Å². The van der Waals surface area contributed by atoms with Gasteiger partial charge in [0.05, 0.1) is 11.3 Å². The van der Waals surface area contributed by atoms with Gasteiger partial charge in [0.2, 0.25) is 0 Å². The number of aromatic nitrogens is 2. The van der Waals surface area contributed by atoms with Crippen LogP contribution in [0, 0.1) is 0 Å². The van der Waals surface area contributed by atoms with E-state index in [0.29, 0.717) is 0 Å². The SMILES string of the molecule is OC1(c2ccccc2-n2cccn2)CC1. The molecule has 0 saturated heterocycles. The molecular formula is C12H12N2O. The third kappa shape index (κ3) is 1.36. The minimum atomic E-state index is -0.609. The van der Waals surface area contributed by atoms with Gasteiger partial charge in [-0.25, -0.2) is 4.68 Å². The zero-order valence-corrected chi connectivity index (χ0v) is 8.30. The second-order valence-electron chi connectivity index (χ2n) is 4.00. The molecule has 1 fully saturated rings. The number of rotatable bonds is 2. The van der Waals surface area contributed by atoms with Crippen molar-refractivity contribution in [2.75, 3.05) is 0 Å². The maximum absolute atomic E-state index is 10.1. The molecule has 3 heteroatoms. The molecule has 2 aromatic rings. The fourth-order valence-electron chi connectivity index (χ4n) is 1.87. The lowest BCUT2D eigenvalue weighted by atomic mass is 10.1. The molecule has 3 nitrogen and oxygen atoms in total. The number of benzene rings is 1. The van der Waals surface area contributed by atoms with E-state index < -0.39 is 5.60 Å². The monoisotopic (exact) mass is 200 g/mol. The summed E-state index contributed by atoms with van der Waals surface area (Å²) in [5.41, 5.74) is 1.35. The molecule has 0 radical (unpaired) electrons. The first kappa shape index (κ1) is 8.68. The first-order valence-electron chi connectivity index (χ1n) is 5.11. The van der Waals surface area contributed by atoms with E-state index in [9.17, 15) is 5.11 Å². The first-order chi connectivity index (χ1) is 7.30. The van der Waals surface area contributed by atoms with Crippen LogP contribution in [0.5, 0.6) is 0 Å². The zero-order valence-electron chi connectivity index (χ0n) is 8.30. The average molecular weight is 200 g/mol. The molecule has 1 aromatic carbocycles. The summed E-state index contributed by atoms with van der Waals surface area (Å²) < 4.78 is 1.80. The van der Waals surface area contributed by atoms with E-state index in [2.05, 4.69) is 5.10 Å². The lowest BCUT2D eigenvalue weighted by Gasteiger charge is -2.13. The number of aliphatic hydroxyl groups is 1. The van der Waals surface area contributed by atoms with Crippen LogP contribution in [0.25, 0.3) is 5.69 Å². The lowest BCUT2D eigenvalue weighted by molar-refractivity contribution is 0.151. The Bertz CT molecular complexity index is 472. The Hall–Kier alpha value is -1.61. The molecule has 76 valence electrons. The molecule has 3 rings (SSSR count). The molecular weight excluding hydrogens is 188 g/mol. The smallest absolute Gasteiger partial charge is 0.0919 e. The summed E-state index contributed by atoms with van der Waals surface area (Å²) in [6.07, 6.45) is 5.34. The van der Waals surface area contributed by atoms with Crippen LogP contribution in [-0.2, 0) is 5.60 Å². The topological polar surface area (TPSA) is 38.0 Å². The fourth-order valence-corrected chi connectivity index (χ4v) is 1.87. The van der Waals surface area contributed by atoms with Crippen LogP contribution in [-0.4, -0.2) is 14.9 Å². The molecule has 1 aromatic heterocycles. The van der Waals surface area contributed by atoms with Gasteiger partial charge in [-0.15, -0.1) is 0 Å². The van der Waals surface area contributed by atoms with Gasteiger partial charge in [0, 0.05) is 18.0 Å². The molecule has 1 aliphatic rings. The highest BCUT2D eigenvalue weighted by Gasteiger charge is 2.43. The van der Waals surface area contributed by atoms with Crippen LogP contribution in [0.4, 0.5) is 0 Å². The summed E-state index contributed by atoms with van der Waals surface area (Å²) in [6, 6.07) is 9.77. The minimum Gasteiger partial charge on any atom is -0.385 e. The van der Waals surface area contributed by atoms with Gasteiger partial charge in [-0.3, -0.25) is 0 Å². The standard InChI is InChI=1S/C12H12N2O/c15-12(6-7-12)10-4-1-2-5-11(10)14-9-3-8-13-14/h1-5,8-9,15H,6-7H2. The molecule has 1 aliphatic carbocycles. The summed E-state index contributed by atoms with van der Waals surface area (Å²) in [5, 5.41) is 14.3. The molecule has 0 unspecified atom stereocenters. The van der Waals surface area contributed by atoms with E-state index in [1.165, 1.54) is 0 Å². The van der Waals surface area contributed by atoms with E-state index in [1.54, 1.807) is 10.9 Å². The summed E-state index contributed by atoms with van der Waals surface area (Å²) in [4.78, 5) is 0. The van der Waals surface area contributed by atoms with Gasteiger partial charge in [-0.1, -0.05) is 18.2 Å². The van der Waals surface area contributed by atoms with Crippen LogP contribution in [0.2, 0.25) is 0 Å². The highest BCUT2D eigenvalue weighted by Crippen LogP contribution is 2.47. The highest BCUT2D eigenvalue weighted by molar-refractivity contribution is 5.46. The summed E-state index contributed by atoms with van der Waals surface area (Å²) in [6.45, 7) is 0. The fraction of sp³-hybridized carbons (Fsp3) is 0.250. The van der Waals surface area contributed by atoms with Crippen LogP contribution >= 0.6 is 0 Å². The van der Waals surface area contributed by atoms with E-state index in [-0.39, 0.29) is 0 Å². The molecule has 0 amide bonds. The molecule has 0 bridgehead atoms. The molecule has 15 heavy (non-hydrogen) atoms. The van der Waals surface area contributed by atoms with Crippen molar-refractivity contribution in [1.82, 2.24) is 9.78 Å². The van der Waals surface area contributed by atoms with Crippen molar-refractivity contribution in [3.63, 3.8) is 0 Å². The van der Waals surface area contributed by atoms with E-state index >= 15 is 0 Å². The Morgan fingerprint density at radius 2 is 2.00 bits per heavy atom. The molecule has 1 N–H and O–H groups in total.